The molecule has 1 unspecified atom stereocenters. The number of nitrogens with two attached hydrogens (primary N) is 1. The fraction of sp³-hybridized carbons (Fsp3) is 0.476. The average Bonchev–Trinajstić information content (AvgIpc) is 2.67. The third kappa shape index (κ3) is 4.59. The summed E-state index contributed by atoms with van der Waals surface area (Å²) in [6.07, 6.45) is 10.3. The van der Waals surface area contributed by atoms with E-state index in [1.54, 1.807) is 0 Å². The molecule has 0 aromatic heterocycles. The summed E-state index contributed by atoms with van der Waals surface area (Å²) in [7, 11) is 0. The van der Waals surface area contributed by atoms with E-state index in [4.69, 9.17) is 10.5 Å². The molecule has 1 aromatic rings. The predicted octanol–water partition coefficient (Wildman–Crippen LogP) is 2.70. The molecule has 1 fully saturated rings. The zero-order valence-electron chi connectivity index (χ0n) is 14.7. The number of benzene rings is 1. The number of hydrogen-bond acceptors (Lipinski definition) is 3. The molecule has 1 heterocycles. The van der Waals surface area contributed by atoms with Crippen LogP contribution in [0.25, 0.3) is 0 Å². The average molecular weight is 340 g/mol. The second kappa shape index (κ2) is 8.45. The van der Waals surface area contributed by atoms with Crippen LogP contribution in [0.5, 0.6) is 0 Å². The molecule has 1 aliphatic carbocycles. The highest BCUT2D eigenvalue weighted by molar-refractivity contribution is 5.95. The Balaban J connectivity index is 1.62. The summed E-state index contributed by atoms with van der Waals surface area (Å²) >= 11 is 0. The number of carbonyl (C=O) groups is 1. The van der Waals surface area contributed by atoms with Gasteiger partial charge in [0.2, 0.25) is 5.91 Å². The van der Waals surface area contributed by atoms with Crippen LogP contribution < -0.4 is 11.1 Å². The second-order valence-corrected chi connectivity index (χ2v) is 7.10. The Labute approximate surface area is 150 Å². The molecule has 0 spiro atoms. The van der Waals surface area contributed by atoms with Crippen LogP contribution in [0.3, 0.4) is 0 Å². The van der Waals surface area contributed by atoms with E-state index in [0.29, 0.717) is 5.57 Å². The summed E-state index contributed by atoms with van der Waals surface area (Å²) in [6.45, 7) is 3.68. The van der Waals surface area contributed by atoms with Gasteiger partial charge in [-0.1, -0.05) is 48.6 Å². The zero-order chi connectivity index (χ0) is 17.5. The first kappa shape index (κ1) is 17.9. The molecule has 25 heavy (non-hydrogen) atoms. The lowest BCUT2D eigenvalue weighted by atomic mass is 9.74. The van der Waals surface area contributed by atoms with Crippen molar-refractivity contribution in [1.29, 1.82) is 0 Å². The van der Waals surface area contributed by atoms with E-state index >= 15 is 0 Å². The van der Waals surface area contributed by atoms with Gasteiger partial charge in [-0.3, -0.25) is 4.79 Å². The molecule has 4 heteroatoms. The minimum atomic E-state index is -0.356. The Kier molecular flexibility index (Phi) is 6.05. The van der Waals surface area contributed by atoms with Crippen molar-refractivity contribution >= 4 is 5.91 Å². The lowest BCUT2D eigenvalue weighted by Gasteiger charge is -2.33. The molecule has 2 aliphatic rings. The van der Waals surface area contributed by atoms with Crippen molar-refractivity contribution in [2.75, 3.05) is 26.3 Å². The summed E-state index contributed by atoms with van der Waals surface area (Å²) in [5.74, 6) is 0.419. The van der Waals surface area contributed by atoms with Gasteiger partial charge in [-0.15, -0.1) is 0 Å². The van der Waals surface area contributed by atoms with Crippen LogP contribution in [0, 0.1) is 5.92 Å². The normalized spacial score (nSPS) is 24.1. The molecule has 1 saturated heterocycles. The van der Waals surface area contributed by atoms with Crippen molar-refractivity contribution in [1.82, 2.24) is 5.32 Å². The van der Waals surface area contributed by atoms with Crippen molar-refractivity contribution in [3.63, 3.8) is 0 Å². The molecular weight excluding hydrogens is 312 g/mol. The first-order valence-corrected chi connectivity index (χ1v) is 9.23. The molecule has 134 valence electrons. The van der Waals surface area contributed by atoms with Crippen molar-refractivity contribution in [2.24, 2.45) is 11.7 Å². The smallest absolute Gasteiger partial charge is 0.248 e. The first-order valence-electron chi connectivity index (χ1n) is 9.23. The van der Waals surface area contributed by atoms with Crippen LogP contribution in [-0.2, 0) is 14.9 Å². The van der Waals surface area contributed by atoms with Gasteiger partial charge in [0, 0.05) is 30.7 Å². The third-order valence-corrected chi connectivity index (χ3v) is 5.41. The number of amides is 1. The zero-order valence-corrected chi connectivity index (χ0v) is 14.7. The van der Waals surface area contributed by atoms with E-state index in [-0.39, 0.29) is 11.3 Å². The summed E-state index contributed by atoms with van der Waals surface area (Å²) in [5, 5.41) is 3.65. The highest BCUT2D eigenvalue weighted by atomic mass is 16.5. The van der Waals surface area contributed by atoms with Crippen molar-refractivity contribution in [3.8, 4) is 0 Å². The topological polar surface area (TPSA) is 64.4 Å². The predicted molar refractivity (Wildman–Crippen MR) is 100 cm³/mol. The van der Waals surface area contributed by atoms with Crippen LogP contribution in [0.4, 0.5) is 0 Å². The van der Waals surface area contributed by atoms with E-state index in [1.807, 2.05) is 18.2 Å². The van der Waals surface area contributed by atoms with Crippen LogP contribution >= 0.6 is 0 Å². The summed E-state index contributed by atoms with van der Waals surface area (Å²) in [5.41, 5.74) is 7.17. The highest BCUT2D eigenvalue weighted by Gasteiger charge is 2.30. The number of allylic oxidation sites excluding steroid dienone is 1. The molecule has 1 aromatic carbocycles. The fourth-order valence-electron chi connectivity index (χ4n) is 3.73. The maximum atomic E-state index is 11.4. The van der Waals surface area contributed by atoms with Crippen LogP contribution in [0.2, 0.25) is 0 Å². The van der Waals surface area contributed by atoms with Gasteiger partial charge in [0.05, 0.1) is 0 Å². The number of ether oxygens (including phenoxy) is 1. The maximum absolute atomic E-state index is 11.4. The van der Waals surface area contributed by atoms with E-state index in [9.17, 15) is 4.79 Å². The molecule has 1 atom stereocenters. The van der Waals surface area contributed by atoms with E-state index < -0.39 is 0 Å². The minimum Gasteiger partial charge on any atom is -0.381 e. The quantitative estimate of drug-likeness (QED) is 0.750. The van der Waals surface area contributed by atoms with Crippen molar-refractivity contribution in [3.05, 3.63) is 59.7 Å². The fourth-order valence-corrected chi connectivity index (χ4v) is 3.73. The third-order valence-electron chi connectivity index (χ3n) is 5.41. The van der Waals surface area contributed by atoms with Crippen molar-refractivity contribution in [2.45, 2.75) is 31.1 Å². The Morgan fingerprint density at radius 3 is 2.64 bits per heavy atom. The summed E-state index contributed by atoms with van der Waals surface area (Å²) < 4.78 is 5.43. The van der Waals surface area contributed by atoms with E-state index in [0.717, 1.165) is 38.6 Å². The van der Waals surface area contributed by atoms with E-state index in [2.05, 4.69) is 35.7 Å². The van der Waals surface area contributed by atoms with Gasteiger partial charge in [0.1, 0.15) is 0 Å². The Morgan fingerprint density at radius 2 is 2.00 bits per heavy atom. The molecule has 1 amide bonds. The summed E-state index contributed by atoms with van der Waals surface area (Å²) in [6, 6.07) is 10.5. The van der Waals surface area contributed by atoms with Gasteiger partial charge < -0.3 is 15.8 Å². The molecule has 0 radical (unpaired) electrons. The SMILES string of the molecule is NC(=O)C1=CCC(CNCCC2CCOCC2)(c2ccccc2)C=C1. The number of hydrogen-bond donors (Lipinski definition) is 2. The van der Waals surface area contributed by atoms with Gasteiger partial charge >= 0.3 is 0 Å². The molecule has 4 nitrogen and oxygen atoms in total. The Hall–Kier alpha value is -1.91. The van der Waals surface area contributed by atoms with Crippen LogP contribution in [-0.4, -0.2) is 32.2 Å². The molecule has 0 saturated carbocycles. The lowest BCUT2D eigenvalue weighted by Crippen LogP contribution is -2.38. The molecule has 3 rings (SSSR count). The van der Waals surface area contributed by atoms with E-state index in [1.165, 1.54) is 24.8 Å². The number of rotatable bonds is 7. The number of carbonyl (C=O) groups excluding carboxylic acids is 1. The van der Waals surface area contributed by atoms with Gasteiger partial charge in [-0.05, 0) is 43.7 Å². The van der Waals surface area contributed by atoms with Crippen molar-refractivity contribution < 1.29 is 9.53 Å². The molecular formula is C21H28N2O2. The molecule has 0 bridgehead atoms. The largest absolute Gasteiger partial charge is 0.381 e. The monoisotopic (exact) mass is 340 g/mol. The lowest BCUT2D eigenvalue weighted by molar-refractivity contribution is -0.114. The maximum Gasteiger partial charge on any atom is 0.248 e. The van der Waals surface area contributed by atoms with Gasteiger partial charge in [-0.2, -0.15) is 0 Å². The van der Waals surface area contributed by atoms with Crippen LogP contribution in [0.1, 0.15) is 31.2 Å². The highest BCUT2D eigenvalue weighted by Crippen LogP contribution is 2.33. The summed E-state index contributed by atoms with van der Waals surface area (Å²) in [4.78, 5) is 11.4. The minimum absolute atomic E-state index is 0.115. The first-order chi connectivity index (χ1) is 12.2. The number of nitrogens with one attached hydrogen (secondary N) is 1. The van der Waals surface area contributed by atoms with Gasteiger partial charge in [0.15, 0.2) is 0 Å². The second-order valence-electron chi connectivity index (χ2n) is 7.10. The molecule has 1 aliphatic heterocycles. The Morgan fingerprint density at radius 1 is 1.24 bits per heavy atom. The molecule has 3 N–H and O–H groups in total. The number of primary amides is 1. The standard InChI is InChI=1S/C21H28N2O2/c22-20(24)18-6-11-21(12-7-18,19-4-2-1-3-5-19)16-23-13-8-17-9-14-25-15-10-17/h1-7,11,17,23H,8-10,12-16H2,(H2,22,24). The van der Waals surface area contributed by atoms with Crippen LogP contribution in [0.15, 0.2) is 54.1 Å². The van der Waals surface area contributed by atoms with Gasteiger partial charge in [-0.25, -0.2) is 0 Å². The van der Waals surface area contributed by atoms with Gasteiger partial charge in [0.25, 0.3) is 0 Å². The Bertz CT molecular complexity index is 633.